The number of benzene rings is 4. The molecule has 10 nitrogen and oxygen atoms in total. The van der Waals surface area contributed by atoms with Gasteiger partial charge in [-0.05, 0) is 176 Å². The molecule has 4 aliphatic rings. The Morgan fingerprint density at radius 3 is 1.32 bits per heavy atom. The average Bonchev–Trinajstić information content (AvgIpc) is 3.93. The zero-order valence-electron chi connectivity index (χ0n) is 40.6. The van der Waals surface area contributed by atoms with E-state index in [0.29, 0.717) is 0 Å². The minimum atomic E-state index is -0.0476. The summed E-state index contributed by atoms with van der Waals surface area (Å²) in [7, 11) is 8.59. The Labute approximate surface area is 414 Å². The normalized spacial score (nSPS) is 24.0. The lowest BCUT2D eigenvalue weighted by Crippen LogP contribution is -2.52. The number of nitrogens with zero attached hydrogens (tertiary/aromatic N) is 2. The summed E-state index contributed by atoms with van der Waals surface area (Å²) < 4.78 is 0. The molecule has 4 amide bonds. The van der Waals surface area contributed by atoms with E-state index in [-0.39, 0.29) is 84.6 Å². The highest BCUT2D eigenvalue weighted by molar-refractivity contribution is 6.30. The number of carbonyl (C=O) groups excluding carboxylic acids is 4. The molecule has 0 heterocycles. The summed E-state index contributed by atoms with van der Waals surface area (Å²) in [6.45, 7) is 0. The lowest BCUT2D eigenvalue weighted by atomic mass is 9.75. The summed E-state index contributed by atoms with van der Waals surface area (Å²) in [4.78, 5) is 54.7. The predicted octanol–water partition coefficient (Wildman–Crippen LogP) is 9.65. The van der Waals surface area contributed by atoms with Gasteiger partial charge in [0.25, 0.3) is 0 Å². The van der Waals surface area contributed by atoms with Gasteiger partial charge in [0.05, 0.1) is 12.1 Å². The van der Waals surface area contributed by atoms with Crippen LogP contribution in [-0.4, -0.2) is 84.8 Å². The molecule has 4 N–H and O–H groups in total. The summed E-state index contributed by atoms with van der Waals surface area (Å²) in [5.41, 5.74) is 7.75. The quantitative estimate of drug-likeness (QED) is 0.0888. The second kappa shape index (κ2) is 23.7. The fourth-order valence-electron chi connectivity index (χ4n) is 11.2. The summed E-state index contributed by atoms with van der Waals surface area (Å²) >= 11 is 12.3. The van der Waals surface area contributed by atoms with Gasteiger partial charge in [0.2, 0.25) is 23.6 Å². The molecule has 0 radical (unpaired) electrons. The van der Waals surface area contributed by atoms with Crippen molar-refractivity contribution in [3.63, 3.8) is 0 Å². The second-order valence-electron chi connectivity index (χ2n) is 20.2. The first-order valence-electron chi connectivity index (χ1n) is 24.9. The molecule has 68 heavy (non-hydrogen) atoms. The van der Waals surface area contributed by atoms with Gasteiger partial charge in [0.15, 0.2) is 0 Å². The Balaban J connectivity index is 0.000000201. The molecule has 8 rings (SSSR count). The number of rotatable bonds is 16. The highest BCUT2D eigenvalue weighted by atomic mass is 35.5. The van der Waals surface area contributed by atoms with E-state index in [0.717, 1.165) is 99.9 Å². The fraction of sp³-hybridized carbons (Fsp3) is 0.500. The van der Waals surface area contributed by atoms with Gasteiger partial charge in [-0.2, -0.15) is 0 Å². The second-order valence-corrected chi connectivity index (χ2v) is 21.1. The lowest BCUT2D eigenvalue weighted by Gasteiger charge is -2.45. The van der Waals surface area contributed by atoms with Gasteiger partial charge in [0.1, 0.15) is 0 Å². The number of nitrogens with one attached hydrogen (secondary N) is 4. The van der Waals surface area contributed by atoms with E-state index >= 15 is 0 Å². The number of carbonyl (C=O) groups is 4. The van der Waals surface area contributed by atoms with Crippen LogP contribution in [0.1, 0.15) is 135 Å². The first-order valence-corrected chi connectivity index (χ1v) is 25.6. The van der Waals surface area contributed by atoms with Crippen molar-refractivity contribution in [3.8, 4) is 0 Å². The summed E-state index contributed by atoms with van der Waals surface area (Å²) in [5, 5.41) is 14.1. The van der Waals surface area contributed by atoms with Crippen LogP contribution in [-0.2, 0) is 44.9 Å². The smallest absolute Gasteiger partial charge is 0.220 e. The van der Waals surface area contributed by atoms with Crippen LogP contribution < -0.4 is 21.3 Å². The molecule has 0 aromatic heterocycles. The molecule has 364 valence electrons. The molecule has 0 spiro atoms. The molecule has 4 aromatic rings. The molecule has 0 saturated heterocycles. The zero-order valence-corrected chi connectivity index (χ0v) is 42.1. The van der Waals surface area contributed by atoms with Crippen molar-refractivity contribution in [2.24, 2.45) is 0 Å². The minimum Gasteiger partial charge on any atom is -0.353 e. The molecule has 0 bridgehead atoms. The highest BCUT2D eigenvalue weighted by Crippen LogP contribution is 2.38. The summed E-state index contributed by atoms with van der Waals surface area (Å²) in [6.07, 6.45) is 14.6. The van der Waals surface area contributed by atoms with Crippen molar-refractivity contribution in [2.45, 2.75) is 151 Å². The van der Waals surface area contributed by atoms with Gasteiger partial charge in [-0.1, -0.05) is 96.0 Å². The van der Waals surface area contributed by atoms with E-state index in [1.54, 1.807) is 0 Å². The minimum absolute atomic E-state index is 0.0259. The number of halogens is 2. The molecule has 2 saturated carbocycles. The van der Waals surface area contributed by atoms with Gasteiger partial charge < -0.3 is 31.1 Å². The van der Waals surface area contributed by atoms with Crippen LogP contribution >= 0.6 is 23.2 Å². The van der Waals surface area contributed by atoms with Crippen LogP contribution in [0.3, 0.4) is 0 Å². The first-order chi connectivity index (χ1) is 32.7. The summed E-state index contributed by atoms with van der Waals surface area (Å²) in [6, 6.07) is 33.3. The van der Waals surface area contributed by atoms with E-state index in [1.807, 2.05) is 48.5 Å². The number of amides is 4. The van der Waals surface area contributed by atoms with Gasteiger partial charge in [-0.15, -0.1) is 0 Å². The summed E-state index contributed by atoms with van der Waals surface area (Å²) in [5.74, 6) is -0.148. The maximum Gasteiger partial charge on any atom is 0.220 e. The number of hydrogen-bond donors (Lipinski definition) is 4. The van der Waals surface area contributed by atoms with Crippen molar-refractivity contribution >= 4 is 46.8 Å². The SMILES string of the molecule is CN(C)C1(Cc2ccc(Cl)cc2)CCC(NC(=O)CCC(=O)NC2CCc3ccccc32)CC1.CN(C)C1(Cc2cccc(Cl)c2)CCC(NC(=O)CCC(=O)NC2CCc3ccccc32)CC1. The monoisotopic (exact) mass is 962 g/mol. The Bertz CT molecular complexity index is 2340. The largest absolute Gasteiger partial charge is 0.353 e. The number of aryl methyl sites for hydroxylation is 2. The highest BCUT2D eigenvalue weighted by Gasteiger charge is 2.39. The van der Waals surface area contributed by atoms with E-state index < -0.39 is 0 Å². The molecule has 2 atom stereocenters. The molecule has 12 heteroatoms. The third kappa shape index (κ3) is 13.7. The Kier molecular flexibility index (Phi) is 17.8. The molecular formula is C56H72Cl2N6O4. The molecule has 0 aliphatic heterocycles. The van der Waals surface area contributed by atoms with Crippen molar-refractivity contribution in [1.29, 1.82) is 0 Å². The molecule has 4 aliphatic carbocycles. The van der Waals surface area contributed by atoms with Crippen LogP contribution in [0.25, 0.3) is 0 Å². The van der Waals surface area contributed by atoms with Crippen LogP contribution in [0.15, 0.2) is 97.1 Å². The Morgan fingerprint density at radius 1 is 0.485 bits per heavy atom. The number of fused-ring (bicyclic) bond motifs is 2. The van der Waals surface area contributed by atoms with E-state index in [1.165, 1.54) is 33.4 Å². The predicted molar refractivity (Wildman–Crippen MR) is 274 cm³/mol. The Hall–Kier alpha value is -4.74. The average molecular weight is 964 g/mol. The molecule has 2 unspecified atom stereocenters. The molecular weight excluding hydrogens is 892 g/mol. The zero-order chi connectivity index (χ0) is 48.3. The molecule has 2 fully saturated rings. The van der Waals surface area contributed by atoms with Gasteiger partial charge >= 0.3 is 0 Å². The topological polar surface area (TPSA) is 123 Å². The van der Waals surface area contributed by atoms with Gasteiger partial charge in [-0.3, -0.25) is 19.2 Å². The van der Waals surface area contributed by atoms with Gasteiger partial charge in [-0.25, -0.2) is 0 Å². The van der Waals surface area contributed by atoms with E-state index in [4.69, 9.17) is 23.2 Å². The van der Waals surface area contributed by atoms with Crippen LogP contribution in [0.2, 0.25) is 10.0 Å². The van der Waals surface area contributed by atoms with E-state index in [2.05, 4.69) is 108 Å². The maximum absolute atomic E-state index is 12.6. The maximum atomic E-state index is 12.6. The third-order valence-electron chi connectivity index (χ3n) is 15.4. The van der Waals surface area contributed by atoms with Crippen molar-refractivity contribution in [3.05, 3.63) is 140 Å². The van der Waals surface area contributed by atoms with Gasteiger partial charge in [0, 0.05) is 58.9 Å². The lowest BCUT2D eigenvalue weighted by molar-refractivity contribution is -0.127. The number of likely N-dealkylation sites (N-methyl/N-ethyl adjacent to an activating group) is 2. The van der Waals surface area contributed by atoms with Crippen molar-refractivity contribution in [1.82, 2.24) is 31.1 Å². The number of hydrogen-bond acceptors (Lipinski definition) is 6. The van der Waals surface area contributed by atoms with Crippen LogP contribution in [0.5, 0.6) is 0 Å². The standard InChI is InChI=1S/2C28H36ClN3O2/c1-32(2)28(19-20-6-5-8-22(29)18-20)16-14-23(15-17-28)30-26(33)12-13-27(34)31-25-11-10-21-7-3-4-9-24(21)25;1-32(2)28(19-20-7-10-22(29)11-8-20)17-15-23(16-18-28)30-26(33)13-14-27(34)31-25-12-9-21-5-3-4-6-24(21)25/h3-9,18,23,25H,10-17,19H2,1-2H3,(H,30,33)(H,31,34);3-8,10-11,23,25H,9,12-19H2,1-2H3,(H,30,33)(H,31,34). The van der Waals surface area contributed by atoms with Crippen LogP contribution in [0, 0.1) is 0 Å². The van der Waals surface area contributed by atoms with Crippen molar-refractivity contribution in [2.75, 3.05) is 28.2 Å². The van der Waals surface area contributed by atoms with Crippen molar-refractivity contribution < 1.29 is 19.2 Å². The Morgan fingerprint density at radius 2 is 0.897 bits per heavy atom. The first kappa shape index (κ1) is 51.1. The molecule has 4 aromatic carbocycles. The van der Waals surface area contributed by atoms with Crippen LogP contribution in [0.4, 0.5) is 0 Å². The third-order valence-corrected chi connectivity index (χ3v) is 15.9. The van der Waals surface area contributed by atoms with E-state index in [9.17, 15) is 19.2 Å². The fourth-order valence-corrected chi connectivity index (χ4v) is 11.5.